The molecule has 0 aromatic heterocycles. The average Bonchev–Trinajstić information content (AvgIpc) is 3.46. The van der Waals surface area contributed by atoms with E-state index in [0.29, 0.717) is 19.3 Å². The second-order valence-corrected chi connectivity index (χ2v) is 23.4. The zero-order chi connectivity index (χ0) is 57.8. The van der Waals surface area contributed by atoms with Gasteiger partial charge in [0.1, 0.15) is 13.2 Å². The molecule has 0 amide bonds. The average molecular weight is 1120 g/mol. The molecule has 0 aliphatic carbocycles. The van der Waals surface area contributed by atoms with Gasteiger partial charge in [0.2, 0.25) is 0 Å². The van der Waals surface area contributed by atoms with E-state index in [9.17, 15) is 14.4 Å². The summed E-state index contributed by atoms with van der Waals surface area (Å²) < 4.78 is 16.9. The van der Waals surface area contributed by atoms with Crippen molar-refractivity contribution in [2.24, 2.45) is 0 Å². The minimum Gasteiger partial charge on any atom is -0.462 e. The lowest BCUT2D eigenvalue weighted by Gasteiger charge is -2.18. The van der Waals surface area contributed by atoms with Crippen molar-refractivity contribution in [2.75, 3.05) is 13.2 Å². The summed E-state index contributed by atoms with van der Waals surface area (Å²) in [4.78, 5) is 38.3. The van der Waals surface area contributed by atoms with Crippen LogP contribution in [0.4, 0.5) is 0 Å². The molecule has 0 fully saturated rings. The van der Waals surface area contributed by atoms with Gasteiger partial charge in [0.25, 0.3) is 0 Å². The topological polar surface area (TPSA) is 78.9 Å². The molecule has 0 heterocycles. The summed E-state index contributed by atoms with van der Waals surface area (Å²) in [6.45, 7) is 6.51. The minimum atomic E-state index is -0.782. The molecule has 0 aliphatic rings. The second-order valence-electron chi connectivity index (χ2n) is 23.4. The molecule has 6 nitrogen and oxygen atoms in total. The first kappa shape index (κ1) is 76.9. The first-order valence-corrected chi connectivity index (χ1v) is 34.9. The Morgan fingerprint density at radius 2 is 0.512 bits per heavy atom. The van der Waals surface area contributed by atoms with Crippen molar-refractivity contribution in [3.8, 4) is 0 Å². The maximum atomic E-state index is 12.9. The zero-order valence-corrected chi connectivity index (χ0v) is 53.3. The maximum absolute atomic E-state index is 12.9. The molecule has 0 aromatic rings. The van der Waals surface area contributed by atoms with Crippen LogP contribution in [0.1, 0.15) is 361 Å². The monoisotopic (exact) mass is 1120 g/mol. The molecule has 80 heavy (non-hydrogen) atoms. The van der Waals surface area contributed by atoms with Crippen LogP contribution in [0.5, 0.6) is 0 Å². The van der Waals surface area contributed by atoms with E-state index in [1.54, 1.807) is 0 Å². The Morgan fingerprint density at radius 1 is 0.263 bits per heavy atom. The fourth-order valence-corrected chi connectivity index (χ4v) is 10.2. The molecule has 1 unspecified atom stereocenters. The van der Waals surface area contributed by atoms with Gasteiger partial charge in [-0.05, 0) is 83.5 Å². The minimum absolute atomic E-state index is 0.0770. The lowest BCUT2D eigenvalue weighted by molar-refractivity contribution is -0.167. The second kappa shape index (κ2) is 68.3. The third-order valence-electron chi connectivity index (χ3n) is 15.4. The highest BCUT2D eigenvalue weighted by atomic mass is 16.6. The van der Waals surface area contributed by atoms with Gasteiger partial charge in [0.05, 0.1) is 0 Å². The number of rotatable bonds is 64. The molecule has 0 rings (SSSR count). The van der Waals surface area contributed by atoms with Crippen LogP contribution in [-0.2, 0) is 28.6 Å². The van der Waals surface area contributed by atoms with Gasteiger partial charge in [-0.25, -0.2) is 0 Å². The number of carbonyl (C=O) groups excluding carboxylic acids is 3. The Labute approximate surface area is 497 Å². The third-order valence-corrected chi connectivity index (χ3v) is 15.4. The molecular formula is C74H132O6. The van der Waals surface area contributed by atoms with E-state index in [0.717, 1.165) is 109 Å². The molecule has 0 N–H and O–H groups in total. The summed E-state index contributed by atoms with van der Waals surface area (Å²) in [6.07, 6.45) is 89.5. The zero-order valence-electron chi connectivity index (χ0n) is 53.3. The normalized spacial score (nSPS) is 12.5. The summed E-state index contributed by atoms with van der Waals surface area (Å²) in [5, 5.41) is 0. The van der Waals surface area contributed by atoms with Crippen LogP contribution in [0.25, 0.3) is 0 Å². The smallest absolute Gasteiger partial charge is 0.306 e. The van der Waals surface area contributed by atoms with Crippen LogP contribution in [0.15, 0.2) is 72.9 Å². The number of esters is 3. The molecule has 1 atom stereocenters. The molecule has 0 aliphatic heterocycles. The van der Waals surface area contributed by atoms with Gasteiger partial charge in [-0.2, -0.15) is 0 Å². The third kappa shape index (κ3) is 65.7. The Bertz CT molecular complexity index is 1470. The fourth-order valence-electron chi connectivity index (χ4n) is 10.2. The van der Waals surface area contributed by atoms with E-state index in [1.807, 2.05) is 0 Å². The molecule has 0 bridgehead atoms. The first-order valence-electron chi connectivity index (χ1n) is 34.9. The van der Waals surface area contributed by atoms with Crippen molar-refractivity contribution < 1.29 is 28.6 Å². The molecule has 464 valence electrons. The van der Waals surface area contributed by atoms with Gasteiger partial charge in [-0.15, -0.1) is 0 Å². The van der Waals surface area contributed by atoms with Crippen molar-refractivity contribution >= 4 is 17.9 Å². The number of hydrogen-bond acceptors (Lipinski definition) is 6. The summed E-state index contributed by atoms with van der Waals surface area (Å²) in [5.74, 6) is -0.876. The SMILES string of the molecule is CC/C=C\C/C=C\C/C=C\C/C=C\C/C=C\CCCCCCCCCCCC(=O)OC(COC(=O)CCCCCCC/C=C\CCC)COC(=O)CCCCCCCCCCCCCCCCCCCCCCCCCCCCC. The molecule has 0 spiro atoms. The van der Waals surface area contributed by atoms with Crippen molar-refractivity contribution in [3.05, 3.63) is 72.9 Å². The predicted molar refractivity (Wildman–Crippen MR) is 348 cm³/mol. The van der Waals surface area contributed by atoms with Crippen LogP contribution in [0.2, 0.25) is 0 Å². The van der Waals surface area contributed by atoms with Crippen LogP contribution >= 0.6 is 0 Å². The van der Waals surface area contributed by atoms with E-state index < -0.39 is 6.10 Å². The maximum Gasteiger partial charge on any atom is 0.306 e. The molecule has 6 heteroatoms. The van der Waals surface area contributed by atoms with Gasteiger partial charge < -0.3 is 14.2 Å². The Hall–Kier alpha value is -3.15. The van der Waals surface area contributed by atoms with E-state index >= 15 is 0 Å². The van der Waals surface area contributed by atoms with Gasteiger partial charge >= 0.3 is 17.9 Å². The highest BCUT2D eigenvalue weighted by Gasteiger charge is 2.19. The Balaban J connectivity index is 4.17. The van der Waals surface area contributed by atoms with Crippen LogP contribution in [-0.4, -0.2) is 37.2 Å². The fraction of sp³-hybridized carbons (Fsp3) is 0.797. The standard InChI is InChI=1S/C74H132O6/c1-4-7-10-13-16-19-22-24-26-28-30-32-34-36-37-39-40-42-44-46-48-50-52-55-58-61-64-67-73(76)79-70-71(69-78-72(75)66-63-60-57-54-21-18-15-12-9-6-3)80-74(77)68-65-62-59-56-53-51-49-47-45-43-41-38-35-33-31-29-27-25-23-20-17-14-11-8-5-2/h8,11-12,15,17,20,25,27,31,33,38,41,71H,4-7,9-10,13-14,16,18-19,21-24,26,28-30,32,34-37,39-40,42-70H2,1-3H3/b11-8-,15-12-,20-17-,27-25-,33-31-,41-38-. The van der Waals surface area contributed by atoms with E-state index in [2.05, 4.69) is 93.7 Å². The van der Waals surface area contributed by atoms with Crippen LogP contribution in [0, 0.1) is 0 Å². The summed E-state index contributed by atoms with van der Waals surface area (Å²) in [5.41, 5.74) is 0. The number of ether oxygens (including phenoxy) is 3. The Morgan fingerprint density at radius 3 is 0.825 bits per heavy atom. The Kier molecular flexibility index (Phi) is 65.7. The highest BCUT2D eigenvalue weighted by Crippen LogP contribution is 2.18. The summed E-state index contributed by atoms with van der Waals surface area (Å²) >= 11 is 0. The lowest BCUT2D eigenvalue weighted by atomic mass is 10.0. The summed E-state index contributed by atoms with van der Waals surface area (Å²) in [6, 6.07) is 0. The van der Waals surface area contributed by atoms with E-state index in [4.69, 9.17) is 14.2 Å². The van der Waals surface area contributed by atoms with Crippen LogP contribution in [0.3, 0.4) is 0 Å². The van der Waals surface area contributed by atoms with Gasteiger partial charge in [-0.3, -0.25) is 14.4 Å². The van der Waals surface area contributed by atoms with E-state index in [1.165, 1.54) is 212 Å². The van der Waals surface area contributed by atoms with Crippen LogP contribution < -0.4 is 0 Å². The molecule has 0 saturated carbocycles. The van der Waals surface area contributed by atoms with Gasteiger partial charge in [0.15, 0.2) is 6.10 Å². The molecule has 0 aromatic carbocycles. The largest absolute Gasteiger partial charge is 0.462 e. The number of carbonyl (C=O) groups is 3. The number of hydrogen-bond donors (Lipinski definition) is 0. The molecular weight excluding hydrogens is 985 g/mol. The molecule has 0 saturated heterocycles. The predicted octanol–water partition coefficient (Wildman–Crippen LogP) is 24.1. The van der Waals surface area contributed by atoms with Gasteiger partial charge in [0, 0.05) is 19.3 Å². The van der Waals surface area contributed by atoms with Crippen molar-refractivity contribution in [1.82, 2.24) is 0 Å². The van der Waals surface area contributed by atoms with Crippen molar-refractivity contribution in [3.63, 3.8) is 0 Å². The molecule has 0 radical (unpaired) electrons. The van der Waals surface area contributed by atoms with E-state index in [-0.39, 0.29) is 31.1 Å². The van der Waals surface area contributed by atoms with Crippen molar-refractivity contribution in [2.45, 2.75) is 367 Å². The van der Waals surface area contributed by atoms with Gasteiger partial charge in [-0.1, -0.05) is 331 Å². The summed E-state index contributed by atoms with van der Waals surface area (Å²) in [7, 11) is 0. The first-order chi connectivity index (χ1) is 39.5. The number of allylic oxidation sites excluding steroid dienone is 12. The lowest BCUT2D eigenvalue weighted by Crippen LogP contribution is -2.30. The number of unbranched alkanes of at least 4 members (excludes halogenated alkanes) is 41. The highest BCUT2D eigenvalue weighted by molar-refractivity contribution is 5.71. The quantitative estimate of drug-likeness (QED) is 0.0261. The van der Waals surface area contributed by atoms with Crippen molar-refractivity contribution in [1.29, 1.82) is 0 Å².